The number of nitrogens with zero attached hydrogens (tertiary/aromatic N) is 8. The highest BCUT2D eigenvalue weighted by molar-refractivity contribution is 5.99. The molecule has 0 saturated heterocycles. The first-order valence-corrected chi connectivity index (χ1v) is 14.4. The van der Waals surface area contributed by atoms with E-state index in [1.54, 1.807) is 36.4 Å². The SMILES string of the molecule is CC(C)(C)CNc1c(C#N)cnc2c(C#N)cc(NC(c3cn(C4(C(F)(F)F)CC4)nn3)c3cccc4c(C#N)nccc34)cc12. The van der Waals surface area contributed by atoms with Gasteiger partial charge in [0.2, 0.25) is 0 Å². The molecule has 1 atom stereocenters. The Hall–Kier alpha value is -5.74. The van der Waals surface area contributed by atoms with Gasteiger partial charge < -0.3 is 10.6 Å². The smallest absolute Gasteiger partial charge is 0.383 e. The van der Waals surface area contributed by atoms with Crippen LogP contribution in [0.25, 0.3) is 21.7 Å². The van der Waals surface area contributed by atoms with Gasteiger partial charge in [-0.3, -0.25) is 4.98 Å². The summed E-state index contributed by atoms with van der Waals surface area (Å²) < 4.78 is 42.9. The molecule has 1 aliphatic carbocycles. The molecule has 3 heterocycles. The number of pyridine rings is 2. The van der Waals surface area contributed by atoms with Crippen molar-refractivity contribution in [3.63, 3.8) is 0 Å². The number of hydrogen-bond donors (Lipinski definition) is 2. The molecular formula is C33H27F3N10. The van der Waals surface area contributed by atoms with Crippen LogP contribution in [0.15, 0.2) is 55.0 Å². The molecule has 3 aromatic heterocycles. The van der Waals surface area contributed by atoms with E-state index in [-0.39, 0.29) is 35.2 Å². The molecule has 6 rings (SSSR count). The van der Waals surface area contributed by atoms with Crippen LogP contribution in [-0.2, 0) is 5.54 Å². The Kier molecular flexibility index (Phi) is 7.25. The van der Waals surface area contributed by atoms with Crippen molar-refractivity contribution in [2.75, 3.05) is 17.2 Å². The molecule has 10 nitrogen and oxygen atoms in total. The first-order valence-electron chi connectivity index (χ1n) is 14.4. The fraction of sp³-hybridized carbons (Fsp3) is 0.303. The molecule has 1 aliphatic rings. The Bertz CT molecular complexity index is 2120. The van der Waals surface area contributed by atoms with Crippen LogP contribution in [-0.4, -0.2) is 37.7 Å². The third-order valence-corrected chi connectivity index (χ3v) is 8.07. The molecule has 1 saturated carbocycles. The standard InChI is InChI=1S/C33H27F3N10/c1-31(2,3)18-42-29-20(14-38)16-41-28-19(13-37)11-21(12-25(28)29)43-30(24-6-4-5-23-22(24)7-10-40-26(23)15-39)27-17-46(45-44-27)32(8-9-32)33(34,35)36/h4-7,10-12,16-17,30,43H,8-9,18H2,1-3H3,(H,41,42). The Morgan fingerprint density at radius 1 is 0.957 bits per heavy atom. The predicted molar refractivity (Wildman–Crippen MR) is 164 cm³/mol. The second kappa shape index (κ2) is 11.0. The van der Waals surface area contributed by atoms with Gasteiger partial charge in [-0.25, -0.2) is 9.67 Å². The van der Waals surface area contributed by atoms with Crippen LogP contribution < -0.4 is 10.6 Å². The zero-order chi connectivity index (χ0) is 32.9. The van der Waals surface area contributed by atoms with Gasteiger partial charge in [0, 0.05) is 35.4 Å². The lowest BCUT2D eigenvalue weighted by Crippen LogP contribution is -2.35. The van der Waals surface area contributed by atoms with Crippen LogP contribution in [0.4, 0.5) is 24.5 Å². The molecule has 0 radical (unpaired) electrons. The number of hydrogen-bond acceptors (Lipinski definition) is 9. The summed E-state index contributed by atoms with van der Waals surface area (Å²) in [6.07, 6.45) is -0.493. The predicted octanol–water partition coefficient (Wildman–Crippen LogP) is 6.70. The minimum Gasteiger partial charge on any atom is -0.383 e. The largest absolute Gasteiger partial charge is 0.413 e. The minimum atomic E-state index is -4.50. The number of nitriles is 3. The van der Waals surface area contributed by atoms with Crippen molar-refractivity contribution in [3.8, 4) is 18.2 Å². The number of anilines is 2. The molecule has 1 unspecified atom stereocenters. The molecule has 5 aromatic rings. The van der Waals surface area contributed by atoms with Gasteiger partial charge in [0.15, 0.2) is 5.54 Å². The summed E-state index contributed by atoms with van der Waals surface area (Å²) in [7, 11) is 0. The van der Waals surface area contributed by atoms with E-state index in [1.807, 2.05) is 20.8 Å². The zero-order valence-electron chi connectivity index (χ0n) is 25.1. The summed E-state index contributed by atoms with van der Waals surface area (Å²) in [5.74, 6) is 0. The molecule has 0 aliphatic heterocycles. The van der Waals surface area contributed by atoms with E-state index in [2.05, 4.69) is 49.1 Å². The number of alkyl halides is 3. The molecule has 2 N–H and O–H groups in total. The number of aromatic nitrogens is 5. The summed E-state index contributed by atoms with van der Waals surface area (Å²) in [6.45, 7) is 6.66. The zero-order valence-corrected chi connectivity index (χ0v) is 25.1. The first kappa shape index (κ1) is 30.3. The van der Waals surface area contributed by atoms with Crippen molar-refractivity contribution < 1.29 is 13.2 Å². The highest BCUT2D eigenvalue weighted by Gasteiger charge is 2.66. The number of fused-ring (bicyclic) bond motifs is 2. The second-order valence-electron chi connectivity index (χ2n) is 12.5. The van der Waals surface area contributed by atoms with Gasteiger partial charge in [-0.15, -0.1) is 5.10 Å². The van der Waals surface area contributed by atoms with Crippen LogP contribution in [0.1, 0.15) is 67.7 Å². The summed E-state index contributed by atoms with van der Waals surface area (Å²) in [5, 5.41) is 46.3. The number of nitrogens with one attached hydrogen (secondary N) is 2. The maximum atomic E-state index is 14.0. The van der Waals surface area contributed by atoms with Crippen LogP contribution in [0.5, 0.6) is 0 Å². The molecule has 1 fully saturated rings. The molecular weight excluding hydrogens is 593 g/mol. The van der Waals surface area contributed by atoms with Crippen LogP contribution in [0.2, 0.25) is 0 Å². The highest BCUT2D eigenvalue weighted by atomic mass is 19.4. The van der Waals surface area contributed by atoms with Crippen molar-refractivity contribution in [2.24, 2.45) is 5.41 Å². The Labute approximate surface area is 262 Å². The lowest BCUT2D eigenvalue weighted by Gasteiger charge is -2.23. The van der Waals surface area contributed by atoms with E-state index < -0.39 is 17.8 Å². The maximum Gasteiger partial charge on any atom is 0.413 e. The molecule has 46 heavy (non-hydrogen) atoms. The van der Waals surface area contributed by atoms with Gasteiger partial charge in [0.1, 0.15) is 29.6 Å². The van der Waals surface area contributed by atoms with Crippen LogP contribution >= 0.6 is 0 Å². The Balaban J connectivity index is 1.54. The highest BCUT2D eigenvalue weighted by Crippen LogP contribution is 2.55. The van der Waals surface area contributed by atoms with Gasteiger partial charge in [0.25, 0.3) is 0 Å². The lowest BCUT2D eigenvalue weighted by molar-refractivity contribution is -0.182. The van der Waals surface area contributed by atoms with Crippen molar-refractivity contribution in [3.05, 3.63) is 83.1 Å². The van der Waals surface area contributed by atoms with Gasteiger partial charge in [-0.1, -0.05) is 44.2 Å². The summed E-state index contributed by atoms with van der Waals surface area (Å²) in [6, 6.07) is 15.9. The van der Waals surface area contributed by atoms with E-state index in [9.17, 15) is 29.0 Å². The van der Waals surface area contributed by atoms with Crippen LogP contribution in [0.3, 0.4) is 0 Å². The van der Waals surface area contributed by atoms with Crippen LogP contribution in [0, 0.1) is 39.4 Å². The van der Waals surface area contributed by atoms with E-state index in [4.69, 9.17) is 0 Å². The lowest BCUT2D eigenvalue weighted by atomic mass is 9.95. The van der Waals surface area contributed by atoms with Crippen molar-refractivity contribution in [2.45, 2.75) is 51.4 Å². The second-order valence-corrected chi connectivity index (χ2v) is 12.5. The Morgan fingerprint density at radius 2 is 1.72 bits per heavy atom. The fourth-order valence-corrected chi connectivity index (χ4v) is 5.53. The average molecular weight is 621 g/mol. The molecule has 0 spiro atoms. The first-order chi connectivity index (χ1) is 21.9. The van der Waals surface area contributed by atoms with E-state index in [0.717, 1.165) is 4.68 Å². The normalized spacial score (nSPS) is 14.7. The Morgan fingerprint density at radius 3 is 2.37 bits per heavy atom. The minimum absolute atomic E-state index is 0.0996. The molecule has 0 amide bonds. The van der Waals surface area contributed by atoms with E-state index >= 15 is 0 Å². The van der Waals surface area contributed by atoms with Gasteiger partial charge in [-0.2, -0.15) is 29.0 Å². The van der Waals surface area contributed by atoms with Gasteiger partial charge in [-0.05, 0) is 47.4 Å². The topological polar surface area (TPSA) is 152 Å². The van der Waals surface area contributed by atoms with Crippen molar-refractivity contribution >= 4 is 33.1 Å². The summed E-state index contributed by atoms with van der Waals surface area (Å²) in [4.78, 5) is 8.56. The molecule has 230 valence electrons. The number of halogens is 3. The van der Waals surface area contributed by atoms with Gasteiger partial charge in [0.05, 0.1) is 34.6 Å². The average Bonchev–Trinajstić information content (AvgIpc) is 3.72. The molecule has 13 heteroatoms. The number of rotatable bonds is 7. The maximum absolute atomic E-state index is 14.0. The third-order valence-electron chi connectivity index (χ3n) is 8.07. The fourth-order valence-electron chi connectivity index (χ4n) is 5.53. The number of benzene rings is 2. The van der Waals surface area contributed by atoms with Crippen molar-refractivity contribution in [1.29, 1.82) is 15.8 Å². The molecule has 0 bridgehead atoms. The van der Waals surface area contributed by atoms with Gasteiger partial charge >= 0.3 is 6.18 Å². The van der Waals surface area contributed by atoms with E-state index in [1.165, 1.54) is 18.6 Å². The quantitative estimate of drug-likeness (QED) is 0.202. The summed E-state index contributed by atoms with van der Waals surface area (Å²) >= 11 is 0. The third kappa shape index (κ3) is 5.28. The van der Waals surface area contributed by atoms with Crippen molar-refractivity contribution in [1.82, 2.24) is 25.0 Å². The summed E-state index contributed by atoms with van der Waals surface area (Å²) in [5.41, 5.74) is 0.625. The molecule has 2 aromatic carbocycles. The monoisotopic (exact) mass is 620 g/mol. The van der Waals surface area contributed by atoms with E-state index in [0.29, 0.717) is 50.7 Å².